The van der Waals surface area contributed by atoms with Crippen LogP contribution in [0.25, 0.3) is 0 Å². The first-order valence-electron chi connectivity index (χ1n) is 7.16. The van der Waals surface area contributed by atoms with Crippen LogP contribution in [0.15, 0.2) is 12.4 Å². The van der Waals surface area contributed by atoms with Gasteiger partial charge in [0.25, 0.3) is 0 Å². The molecule has 1 heterocycles. The van der Waals surface area contributed by atoms with E-state index in [4.69, 9.17) is 5.73 Å². The summed E-state index contributed by atoms with van der Waals surface area (Å²) in [6, 6.07) is 0.630. The highest BCUT2D eigenvalue weighted by Crippen LogP contribution is 2.27. The van der Waals surface area contributed by atoms with E-state index in [1.807, 2.05) is 6.20 Å². The van der Waals surface area contributed by atoms with Gasteiger partial charge in [0.2, 0.25) is 0 Å². The molecule has 0 radical (unpaired) electrons. The van der Waals surface area contributed by atoms with Crippen LogP contribution in [0, 0.1) is 5.92 Å². The molecule has 0 spiro atoms. The lowest BCUT2D eigenvalue weighted by molar-refractivity contribution is 0.123. The minimum atomic E-state index is 0.630. The Bertz CT molecular complexity index is 360. The number of imidazole rings is 1. The topological polar surface area (TPSA) is 47.1 Å². The van der Waals surface area contributed by atoms with Crippen LogP contribution >= 0.6 is 0 Å². The zero-order valence-corrected chi connectivity index (χ0v) is 11.7. The molecule has 4 nitrogen and oxygen atoms in total. The van der Waals surface area contributed by atoms with E-state index >= 15 is 0 Å². The van der Waals surface area contributed by atoms with Crippen LogP contribution in [0.1, 0.15) is 38.4 Å². The fourth-order valence-corrected chi connectivity index (χ4v) is 3.16. The van der Waals surface area contributed by atoms with Crippen molar-refractivity contribution in [2.75, 3.05) is 13.6 Å². The molecule has 1 aromatic rings. The molecule has 18 heavy (non-hydrogen) atoms. The summed E-state index contributed by atoms with van der Waals surface area (Å²) in [4.78, 5) is 6.91. The van der Waals surface area contributed by atoms with E-state index in [2.05, 4.69) is 34.6 Å². The van der Waals surface area contributed by atoms with Crippen molar-refractivity contribution >= 4 is 0 Å². The second-order valence-electron chi connectivity index (χ2n) is 5.39. The summed E-state index contributed by atoms with van der Waals surface area (Å²) in [6.45, 7) is 4.90. The maximum atomic E-state index is 5.91. The van der Waals surface area contributed by atoms with Crippen molar-refractivity contribution in [3.8, 4) is 0 Å². The van der Waals surface area contributed by atoms with E-state index in [9.17, 15) is 0 Å². The number of nitrogens with zero attached hydrogens (tertiary/aromatic N) is 3. The van der Waals surface area contributed by atoms with Crippen molar-refractivity contribution in [3.63, 3.8) is 0 Å². The first-order chi connectivity index (χ1) is 8.76. The molecular weight excluding hydrogens is 224 g/mol. The van der Waals surface area contributed by atoms with Crippen molar-refractivity contribution < 1.29 is 0 Å². The minimum Gasteiger partial charge on any atom is -0.334 e. The third-order valence-electron chi connectivity index (χ3n) is 4.27. The van der Waals surface area contributed by atoms with Gasteiger partial charge in [-0.3, -0.25) is 4.90 Å². The van der Waals surface area contributed by atoms with Gasteiger partial charge < -0.3 is 10.3 Å². The Hall–Kier alpha value is -0.870. The predicted octanol–water partition coefficient (Wildman–Crippen LogP) is 1.85. The molecule has 2 atom stereocenters. The Balaban J connectivity index is 1.99. The van der Waals surface area contributed by atoms with Crippen LogP contribution in [0.4, 0.5) is 0 Å². The third-order valence-corrected chi connectivity index (χ3v) is 4.27. The van der Waals surface area contributed by atoms with Crippen LogP contribution in [-0.2, 0) is 13.1 Å². The summed E-state index contributed by atoms with van der Waals surface area (Å²) in [5.41, 5.74) is 5.91. The molecule has 0 saturated heterocycles. The van der Waals surface area contributed by atoms with Gasteiger partial charge in [0.1, 0.15) is 5.82 Å². The van der Waals surface area contributed by atoms with Crippen LogP contribution in [0.5, 0.6) is 0 Å². The molecule has 102 valence electrons. The van der Waals surface area contributed by atoms with E-state index in [0.29, 0.717) is 12.0 Å². The summed E-state index contributed by atoms with van der Waals surface area (Å²) in [6.07, 6.45) is 9.21. The number of aromatic nitrogens is 2. The largest absolute Gasteiger partial charge is 0.334 e. The number of rotatable bonds is 5. The Morgan fingerprint density at radius 1 is 1.44 bits per heavy atom. The van der Waals surface area contributed by atoms with E-state index in [1.54, 1.807) is 0 Å². The molecule has 1 aromatic heterocycles. The Morgan fingerprint density at radius 3 is 2.94 bits per heavy atom. The SMILES string of the molecule is CCn1ccnc1CN(C)C1CCCCC1CN. The highest BCUT2D eigenvalue weighted by molar-refractivity contribution is 4.93. The third kappa shape index (κ3) is 2.93. The van der Waals surface area contributed by atoms with Gasteiger partial charge in [0.05, 0.1) is 6.54 Å². The molecule has 2 rings (SSSR count). The highest BCUT2D eigenvalue weighted by Gasteiger charge is 2.27. The molecule has 0 amide bonds. The van der Waals surface area contributed by atoms with Crippen molar-refractivity contribution in [1.29, 1.82) is 0 Å². The van der Waals surface area contributed by atoms with Gasteiger partial charge in [-0.05, 0) is 39.3 Å². The predicted molar refractivity (Wildman–Crippen MR) is 74.2 cm³/mol. The average Bonchev–Trinajstić information content (AvgIpc) is 2.85. The second kappa shape index (κ2) is 6.34. The van der Waals surface area contributed by atoms with Gasteiger partial charge in [-0.15, -0.1) is 0 Å². The van der Waals surface area contributed by atoms with Gasteiger partial charge in [-0.25, -0.2) is 4.98 Å². The molecule has 1 fully saturated rings. The maximum absolute atomic E-state index is 5.91. The summed E-state index contributed by atoms with van der Waals surface area (Å²) >= 11 is 0. The van der Waals surface area contributed by atoms with Crippen molar-refractivity contribution in [3.05, 3.63) is 18.2 Å². The maximum Gasteiger partial charge on any atom is 0.122 e. The Kier molecular flexibility index (Phi) is 4.78. The quantitative estimate of drug-likeness (QED) is 0.867. The van der Waals surface area contributed by atoms with Gasteiger partial charge >= 0.3 is 0 Å². The summed E-state index contributed by atoms with van der Waals surface area (Å²) < 4.78 is 2.22. The lowest BCUT2D eigenvalue weighted by atomic mass is 9.84. The normalized spacial score (nSPS) is 24.7. The Morgan fingerprint density at radius 2 is 2.22 bits per heavy atom. The highest BCUT2D eigenvalue weighted by atomic mass is 15.2. The van der Waals surface area contributed by atoms with E-state index in [0.717, 1.165) is 19.6 Å². The molecule has 2 unspecified atom stereocenters. The van der Waals surface area contributed by atoms with Gasteiger partial charge in [0, 0.05) is 25.0 Å². The van der Waals surface area contributed by atoms with Crippen LogP contribution < -0.4 is 5.73 Å². The molecular formula is C14H26N4. The molecule has 4 heteroatoms. The molecule has 0 aliphatic heterocycles. The summed E-state index contributed by atoms with van der Waals surface area (Å²) in [7, 11) is 2.22. The van der Waals surface area contributed by atoms with E-state index in [-0.39, 0.29) is 0 Å². The summed E-state index contributed by atoms with van der Waals surface area (Å²) in [5, 5.41) is 0. The zero-order chi connectivity index (χ0) is 13.0. The standard InChI is InChI=1S/C14H26N4/c1-3-18-9-8-16-14(18)11-17(2)13-7-5-4-6-12(13)10-15/h8-9,12-13H,3-7,10-11,15H2,1-2H3. The molecule has 1 aliphatic carbocycles. The molecule has 2 N–H and O–H groups in total. The van der Waals surface area contributed by atoms with Gasteiger partial charge in [-0.1, -0.05) is 12.8 Å². The minimum absolute atomic E-state index is 0.630. The lowest BCUT2D eigenvalue weighted by Gasteiger charge is -2.37. The van der Waals surface area contributed by atoms with Crippen molar-refractivity contribution in [2.45, 2.75) is 51.7 Å². The lowest BCUT2D eigenvalue weighted by Crippen LogP contribution is -2.43. The number of hydrogen-bond donors (Lipinski definition) is 1. The van der Waals surface area contributed by atoms with Crippen LogP contribution in [0.3, 0.4) is 0 Å². The van der Waals surface area contributed by atoms with Crippen LogP contribution in [0.2, 0.25) is 0 Å². The molecule has 1 aliphatic rings. The van der Waals surface area contributed by atoms with Crippen molar-refractivity contribution in [1.82, 2.24) is 14.5 Å². The fraction of sp³-hybridized carbons (Fsp3) is 0.786. The monoisotopic (exact) mass is 250 g/mol. The second-order valence-corrected chi connectivity index (χ2v) is 5.39. The van der Waals surface area contributed by atoms with Crippen LogP contribution in [-0.4, -0.2) is 34.1 Å². The molecule has 0 bridgehead atoms. The number of aryl methyl sites for hydroxylation is 1. The number of hydrogen-bond acceptors (Lipinski definition) is 3. The smallest absolute Gasteiger partial charge is 0.122 e. The first-order valence-corrected chi connectivity index (χ1v) is 7.16. The fourth-order valence-electron chi connectivity index (χ4n) is 3.16. The van der Waals surface area contributed by atoms with Crippen molar-refractivity contribution in [2.24, 2.45) is 11.7 Å². The van der Waals surface area contributed by atoms with E-state index in [1.165, 1.54) is 31.5 Å². The van der Waals surface area contributed by atoms with Gasteiger partial charge in [-0.2, -0.15) is 0 Å². The zero-order valence-electron chi connectivity index (χ0n) is 11.7. The Labute approximate surface area is 110 Å². The van der Waals surface area contributed by atoms with E-state index < -0.39 is 0 Å². The molecule has 0 aromatic carbocycles. The average molecular weight is 250 g/mol. The number of nitrogens with two attached hydrogens (primary N) is 1. The van der Waals surface area contributed by atoms with Gasteiger partial charge in [0.15, 0.2) is 0 Å². The summed E-state index contributed by atoms with van der Waals surface area (Å²) in [5.74, 6) is 1.83. The molecule has 1 saturated carbocycles. The first kappa shape index (κ1) is 13.6.